The van der Waals surface area contributed by atoms with Gasteiger partial charge in [-0.1, -0.05) is 6.92 Å². The summed E-state index contributed by atoms with van der Waals surface area (Å²) in [5.41, 5.74) is -0.252. The first-order chi connectivity index (χ1) is 14.9. The summed E-state index contributed by atoms with van der Waals surface area (Å²) in [4.78, 5) is 54.6. The molecule has 4 saturated carbocycles. The van der Waals surface area contributed by atoms with Crippen LogP contribution in [0.3, 0.4) is 0 Å². The highest BCUT2D eigenvalue weighted by atomic mass is 16.3. The monoisotopic (exact) mass is 427 g/mol. The van der Waals surface area contributed by atoms with Gasteiger partial charge < -0.3 is 9.32 Å². The molecule has 0 spiro atoms. The van der Waals surface area contributed by atoms with Crippen LogP contribution >= 0.6 is 0 Å². The lowest BCUT2D eigenvalue weighted by Gasteiger charge is -2.60. The van der Waals surface area contributed by atoms with Crippen LogP contribution < -0.4 is 0 Å². The van der Waals surface area contributed by atoms with E-state index in [1.165, 1.54) is 19.3 Å². The van der Waals surface area contributed by atoms with Crippen molar-refractivity contribution in [2.75, 3.05) is 13.1 Å². The quantitative estimate of drug-likeness (QED) is 0.493. The largest absolute Gasteiger partial charge is 0.467 e. The molecule has 31 heavy (non-hydrogen) atoms. The van der Waals surface area contributed by atoms with Crippen molar-refractivity contribution in [2.24, 2.45) is 17.8 Å². The molecule has 0 atom stereocenters. The number of carbonyl (C=O) groups is 4. The Morgan fingerprint density at radius 2 is 1.68 bits per heavy atom. The predicted molar refractivity (Wildman–Crippen MR) is 109 cm³/mol. The molecule has 166 valence electrons. The molecule has 5 aliphatic rings. The fourth-order valence-electron chi connectivity index (χ4n) is 6.81. The number of hydrogen-bond donors (Lipinski definition) is 0. The highest BCUT2D eigenvalue weighted by molar-refractivity contribution is 6.45. The Hall–Kier alpha value is -2.64. The van der Waals surface area contributed by atoms with Crippen molar-refractivity contribution < 1.29 is 23.6 Å². The van der Waals surface area contributed by atoms with Gasteiger partial charge in [0.15, 0.2) is 0 Å². The summed E-state index contributed by atoms with van der Waals surface area (Å²) in [5.74, 6) is 0.555. The highest BCUT2D eigenvalue weighted by Gasteiger charge is 2.55. The lowest BCUT2D eigenvalue weighted by atomic mass is 9.52. The molecular formula is C23H29N3O5. The Morgan fingerprint density at radius 1 is 1.06 bits per heavy atom. The number of imide groups is 2. The Bertz CT molecular complexity index is 873. The Morgan fingerprint density at radius 3 is 2.23 bits per heavy atom. The van der Waals surface area contributed by atoms with E-state index in [1.54, 1.807) is 12.3 Å². The van der Waals surface area contributed by atoms with Crippen molar-refractivity contribution in [3.8, 4) is 0 Å². The van der Waals surface area contributed by atoms with E-state index in [-0.39, 0.29) is 18.0 Å². The number of urea groups is 1. The van der Waals surface area contributed by atoms with Gasteiger partial charge in [0.05, 0.1) is 12.8 Å². The minimum atomic E-state index is -0.907. The zero-order valence-electron chi connectivity index (χ0n) is 17.9. The zero-order valence-corrected chi connectivity index (χ0v) is 17.9. The third-order valence-electron chi connectivity index (χ3n) is 7.65. The summed E-state index contributed by atoms with van der Waals surface area (Å²) in [7, 11) is 0. The summed E-state index contributed by atoms with van der Waals surface area (Å²) in [6, 6.07) is 2.96. The van der Waals surface area contributed by atoms with Crippen LogP contribution in [0.4, 0.5) is 4.79 Å². The molecule has 8 nitrogen and oxygen atoms in total. The van der Waals surface area contributed by atoms with Crippen molar-refractivity contribution in [1.29, 1.82) is 0 Å². The molecule has 1 aromatic rings. The number of nitrogens with zero attached hydrogens (tertiary/aromatic N) is 3. The van der Waals surface area contributed by atoms with Gasteiger partial charge in [-0.05, 0) is 74.8 Å². The molecule has 5 fully saturated rings. The van der Waals surface area contributed by atoms with Crippen LogP contribution in [-0.4, -0.2) is 57.1 Å². The van der Waals surface area contributed by atoms with Crippen LogP contribution in [0.5, 0.6) is 0 Å². The fraction of sp³-hybridized carbons (Fsp3) is 0.652. The van der Waals surface area contributed by atoms with Gasteiger partial charge in [0.25, 0.3) is 0 Å². The SMILES string of the molecule is CCCN1C(=O)C(=O)N(CC(=O)N(Cc2ccco2)C23CC4CC(CC(C4)C2)C3)C1=O. The molecule has 1 saturated heterocycles. The molecule has 4 bridgehead atoms. The molecule has 1 aliphatic heterocycles. The van der Waals surface area contributed by atoms with Crippen LogP contribution in [0.2, 0.25) is 0 Å². The first-order valence-electron chi connectivity index (χ1n) is 11.4. The second-order valence-electron chi connectivity index (χ2n) is 9.83. The molecule has 0 aromatic carbocycles. The minimum Gasteiger partial charge on any atom is -0.467 e. The van der Waals surface area contributed by atoms with Gasteiger partial charge in [-0.25, -0.2) is 9.69 Å². The third-order valence-corrected chi connectivity index (χ3v) is 7.65. The normalized spacial score (nSPS) is 31.8. The Balaban J connectivity index is 1.41. The third kappa shape index (κ3) is 3.36. The van der Waals surface area contributed by atoms with Crippen molar-refractivity contribution in [3.05, 3.63) is 24.2 Å². The number of rotatable bonds is 7. The van der Waals surface area contributed by atoms with E-state index < -0.39 is 24.4 Å². The van der Waals surface area contributed by atoms with Gasteiger partial charge in [0.1, 0.15) is 12.3 Å². The standard InChI is InChI=1S/C23H29N3O5/c1-2-5-24-20(28)21(29)25(22(24)30)14-19(27)26(13-18-4-3-6-31-18)23-10-15-7-16(11-23)9-17(8-15)12-23/h3-4,6,15-17H,2,5,7-14H2,1H3. The number of hydrogen-bond acceptors (Lipinski definition) is 5. The van der Waals surface area contributed by atoms with Crippen LogP contribution in [0, 0.1) is 17.8 Å². The first kappa shape index (κ1) is 20.3. The Labute approximate surface area is 181 Å². The number of amides is 5. The molecule has 1 aromatic heterocycles. The second kappa shape index (κ2) is 7.50. The van der Waals surface area contributed by atoms with Crippen molar-refractivity contribution >= 4 is 23.8 Å². The van der Waals surface area contributed by atoms with Crippen LogP contribution in [0.15, 0.2) is 22.8 Å². The average molecular weight is 428 g/mol. The summed E-state index contributed by atoms with van der Waals surface area (Å²) < 4.78 is 5.55. The molecule has 6 rings (SSSR count). The maximum atomic E-state index is 13.6. The van der Waals surface area contributed by atoms with E-state index in [1.807, 2.05) is 17.9 Å². The van der Waals surface area contributed by atoms with E-state index in [2.05, 4.69) is 0 Å². The zero-order chi connectivity index (χ0) is 21.8. The van der Waals surface area contributed by atoms with Gasteiger partial charge in [0, 0.05) is 12.1 Å². The van der Waals surface area contributed by atoms with E-state index >= 15 is 0 Å². The lowest BCUT2D eigenvalue weighted by Crippen LogP contribution is -2.62. The molecule has 0 radical (unpaired) electrons. The molecule has 8 heteroatoms. The molecule has 2 heterocycles. The van der Waals surface area contributed by atoms with E-state index in [9.17, 15) is 19.2 Å². The van der Waals surface area contributed by atoms with Gasteiger partial charge in [-0.2, -0.15) is 0 Å². The Kier molecular flexibility index (Phi) is 4.90. The lowest BCUT2D eigenvalue weighted by molar-refractivity contribution is -0.155. The first-order valence-corrected chi connectivity index (χ1v) is 11.4. The predicted octanol–water partition coefficient (Wildman–Crippen LogP) is 2.78. The number of furan rings is 1. The van der Waals surface area contributed by atoms with E-state index in [4.69, 9.17) is 4.42 Å². The van der Waals surface area contributed by atoms with Gasteiger partial charge in [0.2, 0.25) is 5.91 Å². The average Bonchev–Trinajstić information content (AvgIpc) is 3.30. The number of carbonyl (C=O) groups excluding carboxylic acids is 4. The molecule has 5 amide bonds. The summed E-state index contributed by atoms with van der Waals surface area (Å²) in [5, 5.41) is 0. The summed E-state index contributed by atoms with van der Waals surface area (Å²) in [6.45, 7) is 1.93. The molecule has 4 aliphatic carbocycles. The van der Waals surface area contributed by atoms with Gasteiger partial charge >= 0.3 is 17.8 Å². The van der Waals surface area contributed by atoms with E-state index in [0.717, 1.165) is 29.1 Å². The summed E-state index contributed by atoms with van der Waals surface area (Å²) in [6.07, 6.45) is 8.77. The van der Waals surface area contributed by atoms with Crippen LogP contribution in [0.1, 0.15) is 57.6 Å². The van der Waals surface area contributed by atoms with E-state index in [0.29, 0.717) is 36.5 Å². The maximum absolute atomic E-state index is 13.6. The van der Waals surface area contributed by atoms with Crippen LogP contribution in [0.25, 0.3) is 0 Å². The second-order valence-corrected chi connectivity index (χ2v) is 9.83. The minimum absolute atomic E-state index is 0.180. The topological polar surface area (TPSA) is 91.1 Å². The summed E-state index contributed by atoms with van der Waals surface area (Å²) >= 11 is 0. The van der Waals surface area contributed by atoms with Gasteiger partial charge in [-0.15, -0.1) is 0 Å². The molecule has 0 N–H and O–H groups in total. The highest BCUT2D eigenvalue weighted by Crippen LogP contribution is 2.58. The van der Waals surface area contributed by atoms with Crippen molar-refractivity contribution in [1.82, 2.24) is 14.7 Å². The van der Waals surface area contributed by atoms with Gasteiger partial charge in [-0.3, -0.25) is 19.3 Å². The van der Waals surface area contributed by atoms with Crippen LogP contribution in [-0.2, 0) is 20.9 Å². The smallest absolute Gasteiger partial charge is 0.334 e. The molecular weight excluding hydrogens is 398 g/mol. The molecule has 0 unspecified atom stereocenters. The maximum Gasteiger partial charge on any atom is 0.334 e. The van der Waals surface area contributed by atoms with Crippen molar-refractivity contribution in [3.63, 3.8) is 0 Å². The van der Waals surface area contributed by atoms with Crippen molar-refractivity contribution in [2.45, 2.75) is 64.0 Å². The fourth-order valence-corrected chi connectivity index (χ4v) is 6.81.